The number of hydrogen-bond acceptors (Lipinski definition) is 6. The van der Waals surface area contributed by atoms with Gasteiger partial charge in [-0.15, -0.1) is 11.3 Å². The summed E-state index contributed by atoms with van der Waals surface area (Å²) < 4.78 is 75.0. The van der Waals surface area contributed by atoms with Gasteiger partial charge in [0.05, 0.1) is 19.4 Å². The van der Waals surface area contributed by atoms with E-state index < -0.39 is 37.0 Å². The van der Waals surface area contributed by atoms with Crippen molar-refractivity contribution in [2.45, 2.75) is 25.4 Å². The molecule has 4 aromatic rings. The molecule has 2 N–H and O–H groups in total. The molecule has 0 fully saturated rings. The van der Waals surface area contributed by atoms with Crippen molar-refractivity contribution >= 4 is 33.1 Å². The minimum absolute atomic E-state index is 0.283. The highest BCUT2D eigenvalue weighted by molar-refractivity contribution is 7.21. The number of benzene rings is 2. The molecule has 0 saturated heterocycles. The van der Waals surface area contributed by atoms with Crippen LogP contribution in [-0.2, 0) is 11.3 Å². The molecule has 0 unspecified atom stereocenters. The summed E-state index contributed by atoms with van der Waals surface area (Å²) in [6.07, 6.45) is -8.04. The molecular weight excluding hydrogens is 529 g/mol. The Balaban J connectivity index is 1.55. The van der Waals surface area contributed by atoms with Crippen LogP contribution in [-0.4, -0.2) is 30.8 Å². The molecular formula is C26H20F5N3O3S. The summed E-state index contributed by atoms with van der Waals surface area (Å²) >= 11 is 1.00. The molecule has 0 saturated carbocycles. The number of ether oxygens (including phenoxy) is 2. The molecule has 2 aromatic carbocycles. The SMILES string of the molecule is COc1ccc([C@@H]2NC(=O)c3sc4nc(C(F)F)cc(-c5ccccc5)c4c3N2)cc1COCC(F)(F)F. The minimum atomic E-state index is -4.48. The first-order chi connectivity index (χ1) is 18.1. The first-order valence-electron chi connectivity index (χ1n) is 11.3. The molecule has 1 aliphatic rings. The van der Waals surface area contributed by atoms with E-state index in [1.54, 1.807) is 48.5 Å². The van der Waals surface area contributed by atoms with Gasteiger partial charge < -0.3 is 20.1 Å². The second-order valence-electron chi connectivity index (χ2n) is 8.48. The third kappa shape index (κ3) is 5.14. The van der Waals surface area contributed by atoms with E-state index in [1.807, 2.05) is 0 Å². The molecule has 6 nitrogen and oxygen atoms in total. The van der Waals surface area contributed by atoms with Crippen molar-refractivity contribution in [2.24, 2.45) is 0 Å². The summed E-state index contributed by atoms with van der Waals surface area (Å²) in [5.74, 6) is -0.107. The fourth-order valence-corrected chi connectivity index (χ4v) is 5.36. The van der Waals surface area contributed by atoms with Gasteiger partial charge in [0.25, 0.3) is 12.3 Å². The van der Waals surface area contributed by atoms with E-state index in [4.69, 9.17) is 9.47 Å². The minimum Gasteiger partial charge on any atom is -0.496 e. The number of nitrogens with zero attached hydrogens (tertiary/aromatic N) is 1. The van der Waals surface area contributed by atoms with E-state index in [2.05, 4.69) is 15.6 Å². The number of thiophene rings is 1. The number of rotatable bonds is 7. The molecule has 5 rings (SSSR count). The fourth-order valence-electron chi connectivity index (χ4n) is 4.28. The lowest BCUT2D eigenvalue weighted by atomic mass is 10.00. The molecule has 0 spiro atoms. The summed E-state index contributed by atoms with van der Waals surface area (Å²) in [5.41, 5.74) is 2.12. The number of hydrogen-bond donors (Lipinski definition) is 2. The van der Waals surface area contributed by atoms with E-state index >= 15 is 0 Å². The van der Waals surface area contributed by atoms with Crippen LogP contribution in [0.15, 0.2) is 54.6 Å². The van der Waals surface area contributed by atoms with Crippen molar-refractivity contribution in [3.05, 3.63) is 76.3 Å². The monoisotopic (exact) mass is 549 g/mol. The molecule has 2 aromatic heterocycles. The molecule has 1 amide bonds. The molecule has 0 radical (unpaired) electrons. The molecule has 12 heteroatoms. The molecule has 0 bridgehead atoms. The van der Waals surface area contributed by atoms with Crippen molar-refractivity contribution in [2.75, 3.05) is 19.0 Å². The standard InChI is InChI=1S/C26H20F5N3O3S/c1-36-18-8-7-14(9-15(18)11-37-12-26(29,30)31)23-33-20-19-16(13-5-3-2-4-6-13)10-17(22(27)28)32-25(19)38-21(20)24(35)34-23/h2-10,22-23,33H,11-12H2,1H3,(H,34,35)/t23-/m0/s1. The Morgan fingerprint density at radius 2 is 1.84 bits per heavy atom. The summed E-state index contributed by atoms with van der Waals surface area (Å²) in [4.78, 5) is 17.8. The van der Waals surface area contributed by atoms with Gasteiger partial charge >= 0.3 is 6.18 Å². The smallest absolute Gasteiger partial charge is 0.411 e. The highest BCUT2D eigenvalue weighted by Crippen LogP contribution is 2.45. The van der Waals surface area contributed by atoms with Gasteiger partial charge in [-0.1, -0.05) is 36.4 Å². The lowest BCUT2D eigenvalue weighted by Gasteiger charge is -2.27. The largest absolute Gasteiger partial charge is 0.496 e. The zero-order valence-corrected chi connectivity index (χ0v) is 20.6. The van der Waals surface area contributed by atoms with Crippen LogP contribution in [0.3, 0.4) is 0 Å². The third-order valence-corrected chi connectivity index (χ3v) is 7.00. The second-order valence-corrected chi connectivity index (χ2v) is 9.48. The maximum atomic E-state index is 13.7. The maximum Gasteiger partial charge on any atom is 0.411 e. The Hall–Kier alpha value is -3.77. The molecule has 3 heterocycles. The first-order valence-corrected chi connectivity index (χ1v) is 12.2. The lowest BCUT2D eigenvalue weighted by molar-refractivity contribution is -0.176. The van der Waals surface area contributed by atoms with Crippen molar-refractivity contribution in [1.82, 2.24) is 10.3 Å². The number of fused-ring (bicyclic) bond motifs is 3. The van der Waals surface area contributed by atoms with E-state index in [0.29, 0.717) is 39.1 Å². The number of anilines is 1. The Labute approximate surface area is 217 Å². The van der Waals surface area contributed by atoms with Gasteiger partial charge in [-0.25, -0.2) is 13.8 Å². The Bertz CT molecular complexity index is 1490. The first kappa shape index (κ1) is 25.9. The number of methoxy groups -OCH3 is 1. The summed E-state index contributed by atoms with van der Waals surface area (Å²) in [6.45, 7) is -1.78. The predicted molar refractivity (Wildman–Crippen MR) is 133 cm³/mol. The van der Waals surface area contributed by atoms with Gasteiger partial charge in [-0.2, -0.15) is 13.2 Å². The van der Waals surface area contributed by atoms with Crippen LogP contribution in [0.4, 0.5) is 27.6 Å². The van der Waals surface area contributed by atoms with Gasteiger partial charge in [-0.3, -0.25) is 4.79 Å². The van der Waals surface area contributed by atoms with E-state index in [0.717, 1.165) is 11.3 Å². The number of halogens is 5. The zero-order valence-electron chi connectivity index (χ0n) is 19.7. The van der Waals surface area contributed by atoms with Crippen LogP contribution in [0, 0.1) is 0 Å². The van der Waals surface area contributed by atoms with Gasteiger partial charge in [0, 0.05) is 10.9 Å². The number of aromatic nitrogens is 1. The number of amides is 1. The maximum absolute atomic E-state index is 13.7. The summed E-state index contributed by atoms with van der Waals surface area (Å²) in [7, 11) is 1.39. The van der Waals surface area contributed by atoms with Crippen LogP contribution in [0.2, 0.25) is 0 Å². The van der Waals surface area contributed by atoms with Gasteiger partial charge in [0.1, 0.15) is 33.9 Å². The Morgan fingerprint density at radius 1 is 1.08 bits per heavy atom. The number of carbonyl (C=O) groups excluding carboxylic acids is 1. The Kier molecular flexibility index (Phi) is 6.93. The predicted octanol–water partition coefficient (Wildman–Crippen LogP) is 6.84. The quantitative estimate of drug-likeness (QED) is 0.247. The van der Waals surface area contributed by atoms with Crippen molar-refractivity contribution in [1.29, 1.82) is 0 Å². The van der Waals surface area contributed by atoms with Gasteiger partial charge in [-0.05, 0) is 34.9 Å². The number of carbonyl (C=O) groups is 1. The van der Waals surface area contributed by atoms with E-state index in [9.17, 15) is 26.7 Å². The van der Waals surface area contributed by atoms with Crippen molar-refractivity contribution in [3.63, 3.8) is 0 Å². The van der Waals surface area contributed by atoms with Crippen LogP contribution in [0.1, 0.15) is 39.1 Å². The average molecular weight is 550 g/mol. The average Bonchev–Trinajstić information content (AvgIpc) is 3.27. The number of nitrogens with one attached hydrogen (secondary N) is 2. The van der Waals surface area contributed by atoms with Crippen LogP contribution < -0.4 is 15.4 Å². The third-order valence-electron chi connectivity index (χ3n) is 5.92. The van der Waals surface area contributed by atoms with E-state index in [1.165, 1.54) is 13.2 Å². The highest BCUT2D eigenvalue weighted by Gasteiger charge is 2.32. The molecule has 1 atom stereocenters. The Morgan fingerprint density at radius 3 is 2.53 bits per heavy atom. The van der Waals surface area contributed by atoms with Gasteiger partial charge in [0.15, 0.2) is 0 Å². The molecule has 198 valence electrons. The fraction of sp³-hybridized carbons (Fsp3) is 0.231. The molecule has 1 aliphatic heterocycles. The number of alkyl halides is 5. The topological polar surface area (TPSA) is 72.5 Å². The second kappa shape index (κ2) is 10.2. The normalized spacial score (nSPS) is 15.3. The highest BCUT2D eigenvalue weighted by atomic mass is 32.1. The van der Waals surface area contributed by atoms with Crippen LogP contribution >= 0.6 is 11.3 Å². The van der Waals surface area contributed by atoms with Gasteiger partial charge in [0.2, 0.25) is 0 Å². The molecule has 0 aliphatic carbocycles. The van der Waals surface area contributed by atoms with Crippen LogP contribution in [0.25, 0.3) is 21.3 Å². The number of pyridine rings is 1. The summed E-state index contributed by atoms with van der Waals surface area (Å²) in [5, 5.41) is 6.60. The zero-order chi connectivity index (χ0) is 27.0. The van der Waals surface area contributed by atoms with Crippen molar-refractivity contribution in [3.8, 4) is 16.9 Å². The van der Waals surface area contributed by atoms with Crippen LogP contribution in [0.5, 0.6) is 5.75 Å². The summed E-state index contributed by atoms with van der Waals surface area (Å²) in [6, 6.07) is 15.1. The van der Waals surface area contributed by atoms with E-state index in [-0.39, 0.29) is 16.3 Å². The van der Waals surface area contributed by atoms with Crippen molar-refractivity contribution < 1.29 is 36.2 Å². The lowest BCUT2D eigenvalue weighted by Crippen LogP contribution is -2.37. The molecule has 38 heavy (non-hydrogen) atoms.